The second-order valence-electron chi connectivity index (χ2n) is 5.66. The first-order valence-electron chi connectivity index (χ1n) is 7.23. The quantitative estimate of drug-likeness (QED) is 0.740. The van der Waals surface area contributed by atoms with E-state index >= 15 is 0 Å². The van der Waals surface area contributed by atoms with Gasteiger partial charge in [0.2, 0.25) is 0 Å². The van der Waals surface area contributed by atoms with E-state index in [4.69, 9.17) is 0 Å². The number of aryl methyl sites for hydroxylation is 1. The molecule has 0 radical (unpaired) electrons. The van der Waals surface area contributed by atoms with Gasteiger partial charge in [-0.25, -0.2) is 0 Å². The van der Waals surface area contributed by atoms with Gasteiger partial charge in [0.1, 0.15) is 0 Å². The summed E-state index contributed by atoms with van der Waals surface area (Å²) in [5.74, 6) is 0.960. The van der Waals surface area contributed by atoms with Crippen molar-refractivity contribution in [2.45, 2.75) is 39.2 Å². The Hall–Kier alpha value is -1.35. The number of carbonyl (C=O) groups is 1. The van der Waals surface area contributed by atoms with E-state index in [0.29, 0.717) is 12.6 Å². The Morgan fingerprint density at radius 3 is 2.58 bits per heavy atom. The Morgan fingerprint density at radius 2 is 1.95 bits per heavy atom. The number of hydrogen-bond donors (Lipinski definition) is 2. The maximum absolute atomic E-state index is 11.8. The first-order chi connectivity index (χ1) is 9.15. The van der Waals surface area contributed by atoms with Gasteiger partial charge >= 0.3 is 0 Å². The molecule has 0 spiro atoms. The van der Waals surface area contributed by atoms with Crippen molar-refractivity contribution in [3.05, 3.63) is 35.4 Å². The maximum atomic E-state index is 11.8. The predicted molar refractivity (Wildman–Crippen MR) is 78.3 cm³/mol. The highest BCUT2D eigenvalue weighted by atomic mass is 16.1. The van der Waals surface area contributed by atoms with Crippen molar-refractivity contribution < 1.29 is 4.79 Å². The van der Waals surface area contributed by atoms with Gasteiger partial charge in [0.25, 0.3) is 5.91 Å². The lowest BCUT2D eigenvalue weighted by Crippen LogP contribution is -2.36. The van der Waals surface area contributed by atoms with Crippen LogP contribution in [0.15, 0.2) is 24.3 Å². The molecule has 1 aliphatic rings. The van der Waals surface area contributed by atoms with Crippen LogP contribution in [0.5, 0.6) is 0 Å². The molecule has 1 atom stereocenters. The molecule has 0 saturated heterocycles. The minimum Gasteiger partial charge on any atom is -0.351 e. The average Bonchev–Trinajstić information content (AvgIpc) is 3.19. The van der Waals surface area contributed by atoms with Gasteiger partial charge in [0.05, 0.1) is 0 Å². The van der Waals surface area contributed by atoms with Crippen LogP contribution in [-0.4, -0.2) is 25.0 Å². The van der Waals surface area contributed by atoms with Crippen molar-refractivity contribution >= 4 is 5.91 Å². The van der Waals surface area contributed by atoms with Gasteiger partial charge in [0, 0.05) is 24.7 Å². The summed E-state index contributed by atoms with van der Waals surface area (Å²) in [4.78, 5) is 11.8. The minimum atomic E-state index is 0.0108. The zero-order valence-corrected chi connectivity index (χ0v) is 11.9. The van der Waals surface area contributed by atoms with E-state index in [1.807, 2.05) is 31.2 Å². The fourth-order valence-corrected chi connectivity index (χ4v) is 2.24. The molecule has 2 N–H and O–H groups in total. The summed E-state index contributed by atoms with van der Waals surface area (Å²) in [5, 5.41) is 6.40. The molecule has 19 heavy (non-hydrogen) atoms. The Labute approximate surface area is 115 Å². The molecule has 104 valence electrons. The standard InChI is InChI=1S/C16H24N2O/c1-12-3-7-15(8-4-12)16(19)18-10-9-17-13(2)11-14-5-6-14/h3-4,7-8,13-14,17H,5-6,9-11H2,1-2H3,(H,18,19). The van der Waals surface area contributed by atoms with Crippen LogP contribution in [0, 0.1) is 12.8 Å². The third-order valence-corrected chi connectivity index (χ3v) is 3.60. The maximum Gasteiger partial charge on any atom is 0.251 e. The van der Waals surface area contributed by atoms with Gasteiger partial charge in [-0.05, 0) is 38.3 Å². The van der Waals surface area contributed by atoms with Gasteiger partial charge in [0.15, 0.2) is 0 Å². The predicted octanol–water partition coefficient (Wildman–Crippen LogP) is 2.50. The summed E-state index contributed by atoms with van der Waals surface area (Å²) < 4.78 is 0. The summed E-state index contributed by atoms with van der Waals surface area (Å²) in [6.07, 6.45) is 4.07. The van der Waals surface area contributed by atoms with Crippen LogP contribution in [0.4, 0.5) is 0 Å². The summed E-state index contributed by atoms with van der Waals surface area (Å²) in [6, 6.07) is 8.22. The third-order valence-electron chi connectivity index (χ3n) is 3.60. The zero-order chi connectivity index (χ0) is 13.7. The Bertz CT molecular complexity index is 409. The molecule has 0 heterocycles. The third kappa shape index (κ3) is 5.03. The molecule has 3 nitrogen and oxygen atoms in total. The number of hydrogen-bond acceptors (Lipinski definition) is 2. The summed E-state index contributed by atoms with van der Waals surface area (Å²) in [7, 11) is 0. The van der Waals surface area contributed by atoms with Crippen LogP contribution >= 0.6 is 0 Å². The molecule has 0 aliphatic heterocycles. The van der Waals surface area contributed by atoms with E-state index in [1.54, 1.807) is 0 Å². The molecule has 0 aromatic heterocycles. The summed E-state index contributed by atoms with van der Waals surface area (Å²) >= 11 is 0. The summed E-state index contributed by atoms with van der Waals surface area (Å²) in [5.41, 5.74) is 1.91. The van der Waals surface area contributed by atoms with E-state index in [9.17, 15) is 4.79 Å². The zero-order valence-electron chi connectivity index (χ0n) is 11.9. The van der Waals surface area contributed by atoms with Crippen LogP contribution in [0.1, 0.15) is 42.1 Å². The number of carbonyl (C=O) groups excluding carboxylic acids is 1. The van der Waals surface area contributed by atoms with Gasteiger partial charge in [-0.2, -0.15) is 0 Å². The lowest BCUT2D eigenvalue weighted by molar-refractivity contribution is 0.0953. The first kappa shape index (κ1) is 14.1. The molecule has 2 rings (SSSR count). The van der Waals surface area contributed by atoms with Gasteiger partial charge in [-0.3, -0.25) is 4.79 Å². The molecule has 1 aromatic rings. The van der Waals surface area contributed by atoms with E-state index in [0.717, 1.165) is 18.0 Å². The Morgan fingerprint density at radius 1 is 1.26 bits per heavy atom. The van der Waals surface area contributed by atoms with E-state index in [-0.39, 0.29) is 5.91 Å². The Balaban J connectivity index is 1.61. The number of rotatable bonds is 7. The van der Waals surface area contributed by atoms with Crippen molar-refractivity contribution in [2.75, 3.05) is 13.1 Å². The van der Waals surface area contributed by atoms with Crippen LogP contribution in [-0.2, 0) is 0 Å². The van der Waals surface area contributed by atoms with Crippen molar-refractivity contribution in [1.82, 2.24) is 10.6 Å². The monoisotopic (exact) mass is 260 g/mol. The first-order valence-corrected chi connectivity index (χ1v) is 7.23. The lowest BCUT2D eigenvalue weighted by atomic mass is 10.1. The molecular weight excluding hydrogens is 236 g/mol. The SMILES string of the molecule is Cc1ccc(C(=O)NCCNC(C)CC2CC2)cc1. The second kappa shape index (κ2) is 6.71. The lowest BCUT2D eigenvalue weighted by Gasteiger charge is -2.13. The summed E-state index contributed by atoms with van der Waals surface area (Å²) in [6.45, 7) is 5.76. The second-order valence-corrected chi connectivity index (χ2v) is 5.66. The molecule has 1 saturated carbocycles. The molecular formula is C16H24N2O. The van der Waals surface area contributed by atoms with E-state index in [2.05, 4.69) is 17.6 Å². The molecule has 1 amide bonds. The normalized spacial score (nSPS) is 16.1. The molecule has 1 aromatic carbocycles. The number of amides is 1. The molecule has 1 unspecified atom stereocenters. The van der Waals surface area contributed by atoms with E-state index in [1.165, 1.54) is 24.8 Å². The highest BCUT2D eigenvalue weighted by Crippen LogP contribution is 2.33. The van der Waals surface area contributed by atoms with Crippen molar-refractivity contribution in [3.63, 3.8) is 0 Å². The fraction of sp³-hybridized carbons (Fsp3) is 0.562. The largest absolute Gasteiger partial charge is 0.351 e. The van der Waals surface area contributed by atoms with Crippen LogP contribution in [0.2, 0.25) is 0 Å². The molecule has 1 aliphatic carbocycles. The Kier molecular flexibility index (Phi) is 4.97. The minimum absolute atomic E-state index is 0.0108. The fourth-order valence-electron chi connectivity index (χ4n) is 2.24. The highest BCUT2D eigenvalue weighted by Gasteiger charge is 2.23. The van der Waals surface area contributed by atoms with Gasteiger partial charge in [-0.15, -0.1) is 0 Å². The smallest absolute Gasteiger partial charge is 0.251 e. The van der Waals surface area contributed by atoms with E-state index < -0.39 is 0 Å². The van der Waals surface area contributed by atoms with Gasteiger partial charge in [-0.1, -0.05) is 30.5 Å². The number of nitrogens with one attached hydrogen (secondary N) is 2. The van der Waals surface area contributed by atoms with Crippen molar-refractivity contribution in [3.8, 4) is 0 Å². The van der Waals surface area contributed by atoms with Crippen LogP contribution in [0.3, 0.4) is 0 Å². The topological polar surface area (TPSA) is 41.1 Å². The molecule has 0 bridgehead atoms. The van der Waals surface area contributed by atoms with Crippen molar-refractivity contribution in [2.24, 2.45) is 5.92 Å². The van der Waals surface area contributed by atoms with Gasteiger partial charge < -0.3 is 10.6 Å². The average molecular weight is 260 g/mol. The van der Waals surface area contributed by atoms with Crippen molar-refractivity contribution in [1.29, 1.82) is 0 Å². The number of benzene rings is 1. The molecule has 1 fully saturated rings. The highest BCUT2D eigenvalue weighted by molar-refractivity contribution is 5.94. The van der Waals surface area contributed by atoms with Crippen LogP contribution in [0.25, 0.3) is 0 Å². The van der Waals surface area contributed by atoms with Crippen LogP contribution < -0.4 is 10.6 Å². The molecule has 3 heteroatoms.